The predicted molar refractivity (Wildman–Crippen MR) is 121 cm³/mol. The summed E-state index contributed by atoms with van der Waals surface area (Å²) in [6.07, 6.45) is 1.13. The van der Waals surface area contributed by atoms with E-state index in [0.717, 1.165) is 11.1 Å². The number of carbonyl (C=O) groups is 2. The van der Waals surface area contributed by atoms with Crippen LogP contribution in [0.3, 0.4) is 0 Å². The van der Waals surface area contributed by atoms with Crippen molar-refractivity contribution in [1.82, 2.24) is 10.2 Å². The molecular weight excluding hydrogens is 411 g/mol. The Hall–Kier alpha value is -2.99. The summed E-state index contributed by atoms with van der Waals surface area (Å²) < 4.78 is 13.6. The van der Waals surface area contributed by atoms with Crippen molar-refractivity contribution in [2.75, 3.05) is 19.6 Å². The Labute approximate surface area is 185 Å². The molecule has 0 radical (unpaired) electrons. The second-order valence-corrected chi connectivity index (χ2v) is 8.79. The van der Waals surface area contributed by atoms with Crippen LogP contribution in [0.2, 0.25) is 0 Å². The molecule has 2 amide bonds. The molecule has 0 unspecified atom stereocenters. The van der Waals surface area contributed by atoms with Gasteiger partial charge in [-0.3, -0.25) is 9.59 Å². The number of halogens is 1. The fraction of sp³-hybridized carbons (Fsp3) is 0.280. The molecule has 1 aliphatic rings. The van der Waals surface area contributed by atoms with Gasteiger partial charge in [0.2, 0.25) is 5.91 Å². The second kappa shape index (κ2) is 9.02. The van der Waals surface area contributed by atoms with Crippen molar-refractivity contribution < 1.29 is 14.0 Å². The molecule has 2 aromatic carbocycles. The number of rotatable bonds is 6. The standard InChI is InChI=1S/C25H25FN2O2S/c1-2-27-24(30)25(15-18-6-8-19(9-7-18)21-10-13-31-16-21)11-12-28(17-25)23(29)20-4-3-5-22(26)14-20/h3-10,13-14,16H,2,11-12,15,17H2,1H3,(H,27,30)/t25-/m0/s1. The zero-order chi connectivity index (χ0) is 21.8. The first-order valence-corrected chi connectivity index (χ1v) is 11.4. The molecule has 1 fully saturated rings. The molecule has 1 atom stereocenters. The van der Waals surface area contributed by atoms with Gasteiger partial charge in [0.15, 0.2) is 0 Å². The van der Waals surface area contributed by atoms with E-state index in [0.29, 0.717) is 38.0 Å². The van der Waals surface area contributed by atoms with Gasteiger partial charge in [-0.15, -0.1) is 0 Å². The molecule has 1 aliphatic heterocycles. The topological polar surface area (TPSA) is 49.4 Å². The second-order valence-electron chi connectivity index (χ2n) is 8.01. The van der Waals surface area contributed by atoms with Gasteiger partial charge in [-0.2, -0.15) is 11.3 Å². The number of nitrogens with zero attached hydrogens (tertiary/aromatic N) is 1. The average molecular weight is 437 g/mol. The van der Waals surface area contributed by atoms with Gasteiger partial charge in [0.1, 0.15) is 5.82 Å². The smallest absolute Gasteiger partial charge is 0.253 e. The maximum absolute atomic E-state index is 13.6. The molecule has 4 rings (SSSR count). The number of amides is 2. The number of carbonyl (C=O) groups excluding carboxylic acids is 2. The van der Waals surface area contributed by atoms with Gasteiger partial charge >= 0.3 is 0 Å². The van der Waals surface area contributed by atoms with Crippen LogP contribution in [0.1, 0.15) is 29.3 Å². The van der Waals surface area contributed by atoms with Gasteiger partial charge in [0, 0.05) is 25.2 Å². The molecule has 31 heavy (non-hydrogen) atoms. The molecule has 3 aromatic rings. The van der Waals surface area contributed by atoms with Crippen molar-refractivity contribution in [3.63, 3.8) is 0 Å². The van der Waals surface area contributed by atoms with Gasteiger partial charge in [0.05, 0.1) is 5.41 Å². The van der Waals surface area contributed by atoms with E-state index in [9.17, 15) is 14.0 Å². The molecule has 0 aliphatic carbocycles. The number of hydrogen-bond donors (Lipinski definition) is 1. The number of likely N-dealkylation sites (tertiary alicyclic amines) is 1. The van der Waals surface area contributed by atoms with Crippen LogP contribution < -0.4 is 5.32 Å². The van der Waals surface area contributed by atoms with E-state index in [2.05, 4.69) is 46.4 Å². The van der Waals surface area contributed by atoms with E-state index < -0.39 is 11.2 Å². The Morgan fingerprint density at radius 3 is 2.61 bits per heavy atom. The van der Waals surface area contributed by atoms with E-state index in [1.165, 1.54) is 23.8 Å². The van der Waals surface area contributed by atoms with Gasteiger partial charge in [-0.05, 0) is 71.5 Å². The number of nitrogens with one attached hydrogen (secondary N) is 1. The van der Waals surface area contributed by atoms with Crippen LogP contribution in [0, 0.1) is 11.2 Å². The van der Waals surface area contributed by atoms with Crippen LogP contribution in [0.15, 0.2) is 65.4 Å². The molecule has 0 saturated carbocycles. The predicted octanol–water partition coefficient (Wildman–Crippen LogP) is 4.77. The summed E-state index contributed by atoms with van der Waals surface area (Å²) in [6.45, 7) is 3.22. The van der Waals surface area contributed by atoms with Gasteiger partial charge < -0.3 is 10.2 Å². The minimum absolute atomic E-state index is 0.0357. The third-order valence-corrected chi connectivity index (χ3v) is 6.57. The quantitative estimate of drug-likeness (QED) is 0.605. The van der Waals surface area contributed by atoms with Gasteiger partial charge in [0.25, 0.3) is 5.91 Å². The zero-order valence-electron chi connectivity index (χ0n) is 17.4. The average Bonchev–Trinajstić information content (AvgIpc) is 3.45. The molecule has 160 valence electrons. The monoisotopic (exact) mass is 436 g/mol. The first kappa shape index (κ1) is 21.2. The lowest BCUT2D eigenvalue weighted by Crippen LogP contribution is -2.45. The van der Waals surface area contributed by atoms with Crippen molar-refractivity contribution >= 4 is 23.2 Å². The van der Waals surface area contributed by atoms with Crippen molar-refractivity contribution in [3.8, 4) is 11.1 Å². The van der Waals surface area contributed by atoms with Crippen LogP contribution in [-0.2, 0) is 11.2 Å². The highest BCUT2D eigenvalue weighted by molar-refractivity contribution is 7.08. The van der Waals surface area contributed by atoms with E-state index >= 15 is 0 Å². The highest BCUT2D eigenvalue weighted by Gasteiger charge is 2.45. The molecule has 4 nitrogen and oxygen atoms in total. The SMILES string of the molecule is CCNC(=O)[C@]1(Cc2ccc(-c3ccsc3)cc2)CCN(C(=O)c2cccc(F)c2)C1. The van der Waals surface area contributed by atoms with Crippen molar-refractivity contribution in [3.05, 3.63) is 82.3 Å². The van der Waals surface area contributed by atoms with Crippen LogP contribution in [0.4, 0.5) is 4.39 Å². The van der Waals surface area contributed by atoms with Crippen LogP contribution in [0.5, 0.6) is 0 Å². The van der Waals surface area contributed by atoms with E-state index in [1.54, 1.807) is 22.3 Å². The molecule has 0 bridgehead atoms. The molecule has 2 heterocycles. The Bertz CT molecular complexity index is 1070. The summed E-state index contributed by atoms with van der Waals surface area (Å²) in [7, 11) is 0. The summed E-state index contributed by atoms with van der Waals surface area (Å²) in [6, 6.07) is 16.1. The fourth-order valence-electron chi connectivity index (χ4n) is 4.24. The highest BCUT2D eigenvalue weighted by Crippen LogP contribution is 2.36. The number of benzene rings is 2. The number of thiophene rings is 1. The molecule has 6 heteroatoms. The summed E-state index contributed by atoms with van der Waals surface area (Å²) in [5, 5.41) is 7.12. The molecule has 1 aromatic heterocycles. The first-order valence-electron chi connectivity index (χ1n) is 10.5. The maximum Gasteiger partial charge on any atom is 0.253 e. The Kier molecular flexibility index (Phi) is 6.18. The maximum atomic E-state index is 13.6. The van der Waals surface area contributed by atoms with Crippen molar-refractivity contribution in [2.24, 2.45) is 5.41 Å². The fourth-order valence-corrected chi connectivity index (χ4v) is 4.91. The number of hydrogen-bond acceptors (Lipinski definition) is 3. The molecule has 1 saturated heterocycles. The summed E-state index contributed by atoms with van der Waals surface area (Å²) in [4.78, 5) is 27.7. The normalized spacial score (nSPS) is 18.2. The van der Waals surface area contributed by atoms with Gasteiger partial charge in [-0.25, -0.2) is 4.39 Å². The summed E-state index contributed by atoms with van der Waals surface area (Å²) in [5.74, 6) is -0.712. The molecular formula is C25H25FN2O2S. The summed E-state index contributed by atoms with van der Waals surface area (Å²) >= 11 is 1.66. The van der Waals surface area contributed by atoms with E-state index in [-0.39, 0.29) is 11.8 Å². The van der Waals surface area contributed by atoms with Crippen LogP contribution in [0.25, 0.3) is 11.1 Å². The minimum Gasteiger partial charge on any atom is -0.356 e. The van der Waals surface area contributed by atoms with E-state index in [4.69, 9.17) is 0 Å². The lowest BCUT2D eigenvalue weighted by molar-refractivity contribution is -0.130. The third kappa shape index (κ3) is 4.54. The van der Waals surface area contributed by atoms with E-state index in [1.807, 2.05) is 6.92 Å². The zero-order valence-corrected chi connectivity index (χ0v) is 18.3. The Balaban J connectivity index is 1.55. The minimum atomic E-state index is -0.692. The first-order chi connectivity index (χ1) is 15.0. The third-order valence-electron chi connectivity index (χ3n) is 5.88. The largest absolute Gasteiger partial charge is 0.356 e. The summed E-state index contributed by atoms with van der Waals surface area (Å²) in [5.41, 5.74) is 3.01. The van der Waals surface area contributed by atoms with Crippen molar-refractivity contribution in [2.45, 2.75) is 19.8 Å². The van der Waals surface area contributed by atoms with Crippen LogP contribution >= 0.6 is 11.3 Å². The lowest BCUT2D eigenvalue weighted by atomic mass is 9.79. The molecule has 1 N–H and O–H groups in total. The van der Waals surface area contributed by atoms with Crippen LogP contribution in [-0.4, -0.2) is 36.3 Å². The van der Waals surface area contributed by atoms with Gasteiger partial charge in [-0.1, -0.05) is 30.3 Å². The van der Waals surface area contributed by atoms with Crippen molar-refractivity contribution in [1.29, 1.82) is 0 Å². The molecule has 0 spiro atoms. The Morgan fingerprint density at radius 1 is 1.13 bits per heavy atom. The Morgan fingerprint density at radius 2 is 1.94 bits per heavy atom. The highest BCUT2D eigenvalue weighted by atomic mass is 32.1. The lowest BCUT2D eigenvalue weighted by Gasteiger charge is -2.28.